The Morgan fingerprint density at radius 3 is 2.85 bits per heavy atom. The van der Waals surface area contributed by atoms with Crippen LogP contribution in [0.1, 0.15) is 43.2 Å². The number of H-pyrrole nitrogens is 1. The van der Waals surface area contributed by atoms with Gasteiger partial charge in [0.25, 0.3) is 0 Å². The highest BCUT2D eigenvalue weighted by Gasteiger charge is 2.42. The van der Waals surface area contributed by atoms with Crippen LogP contribution in [0.15, 0.2) is 0 Å². The molecule has 1 aromatic heterocycles. The van der Waals surface area contributed by atoms with E-state index in [1.165, 1.54) is 37.0 Å². The minimum absolute atomic E-state index is 0.133. The molecular weight excluding hydrogens is 288 g/mol. The number of aromatic amines is 1. The van der Waals surface area contributed by atoms with Crippen LogP contribution in [0.4, 0.5) is 0 Å². The first kappa shape index (κ1) is 14.3. The van der Waals surface area contributed by atoms with Crippen LogP contribution < -0.4 is 5.32 Å². The summed E-state index contributed by atoms with van der Waals surface area (Å²) in [5, 5.41) is 3.21. The Morgan fingerprint density at radius 1 is 1.50 bits per heavy atom. The highest BCUT2D eigenvalue weighted by Crippen LogP contribution is 2.49. The molecule has 0 aromatic carbocycles. The normalized spacial score (nSPS) is 29.6. The zero-order chi connectivity index (χ0) is 14.3. The van der Waals surface area contributed by atoms with Crippen molar-refractivity contribution in [1.82, 2.24) is 10.3 Å². The van der Waals surface area contributed by atoms with Gasteiger partial charge >= 0.3 is 0 Å². The van der Waals surface area contributed by atoms with E-state index in [4.69, 9.17) is 12.2 Å². The van der Waals surface area contributed by atoms with E-state index in [0.29, 0.717) is 18.4 Å². The molecule has 2 bridgehead atoms. The van der Waals surface area contributed by atoms with Crippen molar-refractivity contribution in [3.05, 3.63) is 14.5 Å². The van der Waals surface area contributed by atoms with Gasteiger partial charge in [-0.2, -0.15) is 0 Å². The third-order valence-electron chi connectivity index (χ3n) is 5.07. The quantitative estimate of drug-likeness (QED) is 0.835. The minimum Gasteiger partial charge on any atom is -0.353 e. The zero-order valence-corrected chi connectivity index (χ0v) is 13.7. The van der Waals surface area contributed by atoms with E-state index in [9.17, 15) is 4.79 Å². The second kappa shape index (κ2) is 5.60. The summed E-state index contributed by atoms with van der Waals surface area (Å²) in [7, 11) is 0. The lowest BCUT2D eigenvalue weighted by molar-refractivity contribution is -0.121. The number of rotatable bonds is 4. The summed E-state index contributed by atoms with van der Waals surface area (Å²) in [6.45, 7) is 4.16. The molecule has 2 aliphatic carbocycles. The Bertz CT molecular complexity index is 562. The largest absolute Gasteiger partial charge is 0.353 e. The molecule has 3 nitrogen and oxygen atoms in total. The summed E-state index contributed by atoms with van der Waals surface area (Å²) in [5.74, 6) is 2.62. The summed E-state index contributed by atoms with van der Waals surface area (Å²) < 4.78 is 0.756. The second-order valence-corrected chi connectivity index (χ2v) is 8.21. The van der Waals surface area contributed by atoms with E-state index in [1.54, 1.807) is 0 Å². The first-order valence-electron chi connectivity index (χ1n) is 7.51. The van der Waals surface area contributed by atoms with Gasteiger partial charge in [0.05, 0.1) is 6.42 Å². The van der Waals surface area contributed by atoms with Gasteiger partial charge in [0, 0.05) is 16.6 Å². The fourth-order valence-corrected chi connectivity index (χ4v) is 5.36. The first-order chi connectivity index (χ1) is 9.52. The molecule has 3 rings (SSSR count). The predicted octanol–water partition coefficient (Wildman–Crippen LogP) is 3.60. The average Bonchev–Trinajstić information content (AvgIpc) is 3.05. The van der Waals surface area contributed by atoms with E-state index >= 15 is 0 Å². The molecule has 1 heterocycles. The molecule has 20 heavy (non-hydrogen) atoms. The Hall–Kier alpha value is -0.680. The number of carbonyl (C=O) groups excluding carboxylic acids is 1. The average molecular weight is 310 g/mol. The number of aryl methyl sites for hydroxylation is 1. The second-order valence-electron chi connectivity index (χ2n) is 6.43. The van der Waals surface area contributed by atoms with Crippen LogP contribution in [-0.2, 0) is 11.2 Å². The lowest BCUT2D eigenvalue weighted by atomic mass is 9.84. The third kappa shape index (κ3) is 2.84. The maximum Gasteiger partial charge on any atom is 0.225 e. The molecule has 2 fully saturated rings. The number of nitrogens with one attached hydrogen (secondary N) is 2. The van der Waals surface area contributed by atoms with Gasteiger partial charge in [-0.1, -0.05) is 6.42 Å². The summed E-state index contributed by atoms with van der Waals surface area (Å²) in [6, 6.07) is 0.310. The lowest BCUT2D eigenvalue weighted by Crippen LogP contribution is -2.40. The number of aromatic nitrogens is 1. The molecule has 110 valence electrons. The maximum atomic E-state index is 12.2. The lowest BCUT2D eigenvalue weighted by Gasteiger charge is -2.28. The molecule has 4 atom stereocenters. The summed E-state index contributed by atoms with van der Waals surface area (Å²) in [5.41, 5.74) is 1.03. The van der Waals surface area contributed by atoms with Gasteiger partial charge in [-0.15, -0.1) is 11.3 Å². The molecule has 1 aromatic rings. The first-order valence-corrected chi connectivity index (χ1v) is 8.73. The SMILES string of the molecule is Cc1[nH]c(=S)sc1CC(=O)N[C@H](C)[C@@H]1C[C@H]2CC[C@H]1C2. The molecule has 2 aliphatic rings. The Balaban J connectivity index is 1.56. The number of thiazole rings is 1. The Morgan fingerprint density at radius 2 is 2.30 bits per heavy atom. The Labute approximate surface area is 129 Å². The summed E-state index contributed by atoms with van der Waals surface area (Å²) in [4.78, 5) is 16.4. The van der Waals surface area contributed by atoms with Crippen molar-refractivity contribution >= 4 is 29.5 Å². The highest BCUT2D eigenvalue weighted by molar-refractivity contribution is 7.73. The topological polar surface area (TPSA) is 44.9 Å². The number of carbonyl (C=O) groups is 1. The van der Waals surface area contributed by atoms with Crippen LogP contribution in [0.5, 0.6) is 0 Å². The fraction of sp³-hybridized carbons (Fsp3) is 0.733. The molecule has 0 spiro atoms. The molecule has 2 N–H and O–H groups in total. The predicted molar refractivity (Wildman–Crippen MR) is 84.5 cm³/mol. The van der Waals surface area contributed by atoms with Crippen LogP contribution in [0.2, 0.25) is 0 Å². The van der Waals surface area contributed by atoms with Crippen molar-refractivity contribution < 1.29 is 4.79 Å². The molecule has 1 amide bonds. The van der Waals surface area contributed by atoms with Crippen LogP contribution in [0.25, 0.3) is 0 Å². The zero-order valence-electron chi connectivity index (χ0n) is 12.1. The van der Waals surface area contributed by atoms with Gasteiger partial charge in [-0.25, -0.2) is 0 Å². The van der Waals surface area contributed by atoms with Crippen molar-refractivity contribution in [2.75, 3.05) is 0 Å². The van der Waals surface area contributed by atoms with E-state index in [1.807, 2.05) is 6.92 Å². The van der Waals surface area contributed by atoms with Gasteiger partial charge in [-0.05, 0) is 63.1 Å². The molecule has 5 heteroatoms. The molecule has 0 saturated heterocycles. The van der Waals surface area contributed by atoms with Gasteiger partial charge in [-0.3, -0.25) is 4.79 Å². The van der Waals surface area contributed by atoms with E-state index in [-0.39, 0.29) is 5.91 Å². The van der Waals surface area contributed by atoms with Crippen molar-refractivity contribution in [3.63, 3.8) is 0 Å². The summed E-state index contributed by atoms with van der Waals surface area (Å²) in [6.07, 6.45) is 5.94. The van der Waals surface area contributed by atoms with Crippen LogP contribution in [0.3, 0.4) is 0 Å². The van der Waals surface area contributed by atoms with Gasteiger partial charge in [0.2, 0.25) is 5.91 Å². The van der Waals surface area contributed by atoms with Crippen molar-refractivity contribution in [1.29, 1.82) is 0 Å². The molecule has 0 aliphatic heterocycles. The van der Waals surface area contributed by atoms with Crippen molar-refractivity contribution in [2.24, 2.45) is 17.8 Å². The van der Waals surface area contributed by atoms with Crippen LogP contribution in [0, 0.1) is 28.6 Å². The molecule has 0 radical (unpaired) electrons. The van der Waals surface area contributed by atoms with Gasteiger partial charge in [0.1, 0.15) is 0 Å². The molecule has 2 saturated carbocycles. The van der Waals surface area contributed by atoms with E-state index < -0.39 is 0 Å². The van der Waals surface area contributed by atoms with E-state index in [0.717, 1.165) is 26.4 Å². The maximum absolute atomic E-state index is 12.2. The van der Waals surface area contributed by atoms with Gasteiger partial charge < -0.3 is 10.3 Å². The number of fused-ring (bicyclic) bond motifs is 2. The molecule has 0 unspecified atom stereocenters. The standard InChI is InChI=1S/C15H22N2OS2/c1-8(12-6-10-3-4-11(12)5-10)16-14(18)7-13-9(2)17-15(19)20-13/h8,10-12H,3-7H2,1-2H3,(H,16,18)(H,17,19)/t8-,10+,11+,12+/m1/s1. The minimum atomic E-state index is 0.133. The Kier molecular flexibility index (Phi) is 4.00. The number of amides is 1. The molecular formula is C15H22N2OS2. The fourth-order valence-electron chi connectivity index (χ4n) is 4.07. The highest BCUT2D eigenvalue weighted by atomic mass is 32.1. The summed E-state index contributed by atoms with van der Waals surface area (Å²) >= 11 is 6.63. The van der Waals surface area contributed by atoms with Crippen LogP contribution in [-0.4, -0.2) is 16.9 Å². The van der Waals surface area contributed by atoms with Crippen LogP contribution >= 0.6 is 23.6 Å². The van der Waals surface area contributed by atoms with Crippen molar-refractivity contribution in [3.8, 4) is 0 Å². The van der Waals surface area contributed by atoms with E-state index in [2.05, 4.69) is 17.2 Å². The number of hydrogen-bond acceptors (Lipinski definition) is 3. The van der Waals surface area contributed by atoms with Gasteiger partial charge in [0.15, 0.2) is 3.95 Å². The number of hydrogen-bond donors (Lipinski definition) is 2. The monoisotopic (exact) mass is 310 g/mol. The third-order valence-corrected chi connectivity index (χ3v) is 6.40. The smallest absolute Gasteiger partial charge is 0.225 e. The van der Waals surface area contributed by atoms with Crippen molar-refractivity contribution in [2.45, 2.75) is 52.0 Å².